The Kier molecular flexibility index (Phi) is 5.07. The Morgan fingerprint density at radius 2 is 1.93 bits per heavy atom. The highest BCUT2D eigenvalue weighted by Crippen LogP contribution is 2.31. The van der Waals surface area contributed by atoms with Gasteiger partial charge >= 0.3 is 0 Å². The molecule has 1 aliphatic carbocycles. The van der Waals surface area contributed by atoms with Crippen molar-refractivity contribution in [2.75, 3.05) is 26.7 Å². The summed E-state index contributed by atoms with van der Waals surface area (Å²) in [5.74, 6) is 3.34. The molecule has 0 saturated carbocycles. The van der Waals surface area contributed by atoms with Crippen molar-refractivity contribution in [3.63, 3.8) is 0 Å². The first kappa shape index (κ1) is 18.1. The summed E-state index contributed by atoms with van der Waals surface area (Å²) in [5.41, 5.74) is 4.33. The first-order valence-corrected chi connectivity index (χ1v) is 10.9. The van der Waals surface area contributed by atoms with Crippen LogP contribution < -0.4 is 10.1 Å². The number of hydrogen-bond acceptors (Lipinski definition) is 5. The first-order chi connectivity index (χ1) is 13.8. The van der Waals surface area contributed by atoms with Crippen LogP contribution in [0.25, 0.3) is 0 Å². The van der Waals surface area contributed by atoms with E-state index in [0.29, 0.717) is 6.04 Å². The largest absolute Gasteiger partial charge is 0.496 e. The van der Waals surface area contributed by atoms with E-state index in [-0.39, 0.29) is 0 Å². The summed E-state index contributed by atoms with van der Waals surface area (Å²) in [7, 11) is 1.80. The van der Waals surface area contributed by atoms with Crippen LogP contribution in [0.3, 0.4) is 0 Å². The molecule has 1 N–H and O–H groups in total. The van der Waals surface area contributed by atoms with Crippen LogP contribution in [0.4, 0.5) is 0 Å². The molecule has 1 saturated heterocycles. The lowest BCUT2D eigenvalue weighted by molar-refractivity contribution is 0.263. The maximum atomic E-state index is 5.73. The van der Waals surface area contributed by atoms with E-state index >= 15 is 0 Å². The monoisotopic (exact) mass is 381 g/mol. The van der Waals surface area contributed by atoms with E-state index in [1.165, 1.54) is 55.2 Å². The fourth-order valence-electron chi connectivity index (χ4n) is 5.08. The highest BCUT2D eigenvalue weighted by atomic mass is 16.5. The molecule has 1 atom stereocenters. The van der Waals surface area contributed by atoms with Gasteiger partial charge in [0.05, 0.1) is 13.2 Å². The fraction of sp³-hybridized carbons (Fsp3) is 0.636. The molecule has 150 valence electrons. The van der Waals surface area contributed by atoms with Gasteiger partial charge in [0.15, 0.2) is 0 Å². The second kappa shape index (κ2) is 7.84. The third kappa shape index (κ3) is 3.44. The van der Waals surface area contributed by atoms with Gasteiger partial charge in [0.1, 0.15) is 17.4 Å². The minimum Gasteiger partial charge on any atom is -0.496 e. The number of rotatable bonds is 4. The SMILES string of the molecule is COc1cc2c(cc1CN1CCc3nnc(C4CCCCN4)n3CC1)CCC2. The number of ether oxygens (including phenoxy) is 1. The average Bonchev–Trinajstić information content (AvgIpc) is 3.31. The van der Waals surface area contributed by atoms with E-state index in [2.05, 4.69) is 37.1 Å². The molecular weight excluding hydrogens is 350 g/mol. The van der Waals surface area contributed by atoms with E-state index < -0.39 is 0 Å². The summed E-state index contributed by atoms with van der Waals surface area (Å²) < 4.78 is 8.10. The Hall–Kier alpha value is -1.92. The van der Waals surface area contributed by atoms with Crippen LogP contribution in [0.2, 0.25) is 0 Å². The van der Waals surface area contributed by atoms with Crippen molar-refractivity contribution in [1.82, 2.24) is 25.0 Å². The third-order valence-corrected chi connectivity index (χ3v) is 6.66. The molecule has 6 nitrogen and oxygen atoms in total. The molecule has 0 amide bonds. The quantitative estimate of drug-likeness (QED) is 0.882. The molecule has 1 unspecified atom stereocenters. The Bertz CT molecular complexity index is 840. The topological polar surface area (TPSA) is 55.2 Å². The summed E-state index contributed by atoms with van der Waals surface area (Å²) in [6.07, 6.45) is 8.38. The molecule has 3 aliphatic rings. The Morgan fingerprint density at radius 3 is 2.75 bits per heavy atom. The summed E-state index contributed by atoms with van der Waals surface area (Å²) in [6, 6.07) is 5.04. The van der Waals surface area contributed by atoms with Crippen molar-refractivity contribution in [1.29, 1.82) is 0 Å². The number of aryl methyl sites for hydroxylation is 2. The number of nitrogens with one attached hydrogen (secondary N) is 1. The molecule has 5 rings (SSSR count). The number of aromatic nitrogens is 3. The molecule has 6 heteroatoms. The van der Waals surface area contributed by atoms with E-state index in [4.69, 9.17) is 4.74 Å². The average molecular weight is 382 g/mol. The van der Waals surface area contributed by atoms with Gasteiger partial charge in [-0.1, -0.05) is 12.5 Å². The number of hydrogen-bond donors (Lipinski definition) is 1. The molecule has 2 aromatic rings. The lowest BCUT2D eigenvalue weighted by Gasteiger charge is -2.24. The van der Waals surface area contributed by atoms with Crippen LogP contribution in [0, 0.1) is 0 Å². The molecule has 3 heterocycles. The van der Waals surface area contributed by atoms with Gasteiger partial charge < -0.3 is 14.6 Å². The first-order valence-electron chi connectivity index (χ1n) is 10.9. The van der Waals surface area contributed by atoms with E-state index in [1.54, 1.807) is 7.11 Å². The zero-order valence-electron chi connectivity index (χ0n) is 16.9. The molecular formula is C22H31N5O. The van der Waals surface area contributed by atoms with Gasteiger partial charge in [0.2, 0.25) is 0 Å². The zero-order valence-corrected chi connectivity index (χ0v) is 16.9. The summed E-state index contributed by atoms with van der Waals surface area (Å²) in [4.78, 5) is 2.55. The molecule has 0 radical (unpaired) electrons. The number of nitrogens with zero attached hydrogens (tertiary/aromatic N) is 4. The maximum Gasteiger partial charge on any atom is 0.150 e. The van der Waals surface area contributed by atoms with Crippen LogP contribution >= 0.6 is 0 Å². The predicted octanol–water partition coefficient (Wildman–Crippen LogP) is 2.65. The summed E-state index contributed by atoms with van der Waals surface area (Å²) in [6.45, 7) is 5.08. The van der Waals surface area contributed by atoms with Crippen LogP contribution in [0.15, 0.2) is 12.1 Å². The van der Waals surface area contributed by atoms with Crippen LogP contribution in [-0.4, -0.2) is 46.4 Å². The lowest BCUT2D eigenvalue weighted by Crippen LogP contribution is -2.30. The van der Waals surface area contributed by atoms with Crippen molar-refractivity contribution in [3.05, 3.63) is 40.5 Å². The number of piperidine rings is 1. The fourth-order valence-corrected chi connectivity index (χ4v) is 5.08. The Balaban J connectivity index is 1.31. The predicted molar refractivity (Wildman–Crippen MR) is 109 cm³/mol. The van der Waals surface area contributed by atoms with Gasteiger partial charge in [-0.25, -0.2) is 0 Å². The standard InChI is InChI=1S/C22H31N5O/c1-28-20-14-17-6-4-5-16(17)13-18(20)15-26-10-8-21-24-25-22(27(21)12-11-26)19-7-2-3-9-23-19/h13-14,19,23H,2-12,15H2,1H3. The van der Waals surface area contributed by atoms with Crippen LogP contribution in [0.5, 0.6) is 5.75 Å². The molecule has 1 aromatic heterocycles. The van der Waals surface area contributed by atoms with Crippen molar-refractivity contribution in [2.45, 2.75) is 64.1 Å². The van der Waals surface area contributed by atoms with Gasteiger partial charge in [-0.2, -0.15) is 0 Å². The highest BCUT2D eigenvalue weighted by Gasteiger charge is 2.25. The minimum absolute atomic E-state index is 0.373. The molecule has 1 fully saturated rings. The van der Waals surface area contributed by atoms with Gasteiger partial charge in [-0.05, 0) is 55.8 Å². The molecule has 1 aromatic carbocycles. The van der Waals surface area contributed by atoms with E-state index in [9.17, 15) is 0 Å². The van der Waals surface area contributed by atoms with Crippen LogP contribution in [-0.2, 0) is 32.4 Å². The second-order valence-electron chi connectivity index (χ2n) is 8.44. The smallest absolute Gasteiger partial charge is 0.150 e. The Morgan fingerprint density at radius 1 is 1.04 bits per heavy atom. The van der Waals surface area contributed by atoms with Crippen molar-refractivity contribution < 1.29 is 4.74 Å². The van der Waals surface area contributed by atoms with Crippen LogP contribution in [0.1, 0.15) is 60.1 Å². The normalized spacial score (nSPS) is 22.5. The van der Waals surface area contributed by atoms with Gasteiger partial charge in [0.25, 0.3) is 0 Å². The van der Waals surface area contributed by atoms with E-state index in [0.717, 1.165) is 56.5 Å². The minimum atomic E-state index is 0.373. The maximum absolute atomic E-state index is 5.73. The summed E-state index contributed by atoms with van der Waals surface area (Å²) >= 11 is 0. The highest BCUT2D eigenvalue weighted by molar-refractivity contribution is 5.44. The second-order valence-corrected chi connectivity index (χ2v) is 8.44. The van der Waals surface area contributed by atoms with Gasteiger partial charge in [0, 0.05) is 38.2 Å². The van der Waals surface area contributed by atoms with Gasteiger partial charge in [-0.15, -0.1) is 10.2 Å². The van der Waals surface area contributed by atoms with Gasteiger partial charge in [-0.3, -0.25) is 4.90 Å². The molecule has 0 spiro atoms. The number of methoxy groups -OCH3 is 1. The van der Waals surface area contributed by atoms with E-state index in [1.807, 2.05) is 0 Å². The third-order valence-electron chi connectivity index (χ3n) is 6.66. The lowest BCUT2D eigenvalue weighted by atomic mass is 10.0. The zero-order chi connectivity index (χ0) is 18.9. The van der Waals surface area contributed by atoms with Crippen molar-refractivity contribution >= 4 is 0 Å². The number of benzene rings is 1. The molecule has 2 aliphatic heterocycles. The number of fused-ring (bicyclic) bond motifs is 2. The van der Waals surface area contributed by atoms with Crippen molar-refractivity contribution in [2.24, 2.45) is 0 Å². The molecule has 28 heavy (non-hydrogen) atoms. The van der Waals surface area contributed by atoms with Crippen molar-refractivity contribution in [3.8, 4) is 5.75 Å². The Labute approximate surface area is 167 Å². The molecule has 0 bridgehead atoms. The summed E-state index contributed by atoms with van der Waals surface area (Å²) in [5, 5.41) is 12.7.